The van der Waals surface area contributed by atoms with Gasteiger partial charge in [0.25, 0.3) is 5.76 Å². The number of thioether (sulfide) groups is 1. The first kappa shape index (κ1) is 16.2. The lowest BCUT2D eigenvalue weighted by molar-refractivity contribution is -0.116. The second-order valence-electron chi connectivity index (χ2n) is 4.48. The molecule has 0 atom stereocenters. The van der Waals surface area contributed by atoms with Gasteiger partial charge in [-0.3, -0.25) is 4.79 Å². The molecule has 0 aromatic heterocycles. The van der Waals surface area contributed by atoms with Crippen LogP contribution in [0.5, 0.6) is 0 Å². The Hall–Kier alpha value is -0.810. The van der Waals surface area contributed by atoms with E-state index in [2.05, 4.69) is 5.32 Å². The van der Waals surface area contributed by atoms with Crippen LogP contribution in [0.4, 0.5) is 14.5 Å². The molecule has 0 heterocycles. The van der Waals surface area contributed by atoms with Crippen molar-refractivity contribution in [2.24, 2.45) is 5.92 Å². The van der Waals surface area contributed by atoms with Crippen LogP contribution < -0.4 is 5.32 Å². The molecule has 0 bridgehead atoms. The van der Waals surface area contributed by atoms with Crippen LogP contribution in [0.2, 0.25) is 5.02 Å². The molecule has 19 heavy (non-hydrogen) atoms. The van der Waals surface area contributed by atoms with Gasteiger partial charge >= 0.3 is 0 Å². The van der Waals surface area contributed by atoms with Crippen LogP contribution in [0.1, 0.15) is 26.7 Å². The van der Waals surface area contributed by atoms with E-state index in [9.17, 15) is 13.6 Å². The fourth-order valence-corrected chi connectivity index (χ4v) is 2.36. The lowest BCUT2D eigenvalue weighted by Crippen LogP contribution is -2.13. The van der Waals surface area contributed by atoms with Crippen LogP contribution in [-0.4, -0.2) is 11.7 Å². The highest BCUT2D eigenvalue weighted by Crippen LogP contribution is 2.37. The van der Waals surface area contributed by atoms with Crippen molar-refractivity contribution in [1.82, 2.24) is 0 Å². The topological polar surface area (TPSA) is 29.1 Å². The molecule has 1 aromatic rings. The van der Waals surface area contributed by atoms with Gasteiger partial charge in [-0.2, -0.15) is 8.78 Å². The number of nitrogens with one attached hydrogen (secondary N) is 1. The molecule has 0 saturated carbocycles. The molecule has 1 aromatic carbocycles. The standard InChI is InChI=1S/C13H16ClF2NOS/c1-8(2)6-7-11(18)17-10-5-3-4-9(14)12(10)19-13(15)16/h3-5,8,13H,6-7H2,1-2H3,(H,17,18). The van der Waals surface area contributed by atoms with E-state index in [1.54, 1.807) is 12.1 Å². The molecule has 0 fully saturated rings. The molecule has 106 valence electrons. The van der Waals surface area contributed by atoms with Gasteiger partial charge in [0.15, 0.2) is 0 Å². The number of rotatable bonds is 6. The van der Waals surface area contributed by atoms with E-state index < -0.39 is 5.76 Å². The zero-order valence-electron chi connectivity index (χ0n) is 10.8. The van der Waals surface area contributed by atoms with Crippen molar-refractivity contribution in [1.29, 1.82) is 0 Å². The summed E-state index contributed by atoms with van der Waals surface area (Å²) >= 11 is 6.22. The normalized spacial score (nSPS) is 11.1. The van der Waals surface area contributed by atoms with E-state index in [-0.39, 0.29) is 15.8 Å². The van der Waals surface area contributed by atoms with Crippen LogP contribution in [0.3, 0.4) is 0 Å². The number of benzene rings is 1. The molecule has 1 N–H and O–H groups in total. The Labute approximate surface area is 120 Å². The Morgan fingerprint density at radius 1 is 1.42 bits per heavy atom. The number of halogens is 3. The maximum absolute atomic E-state index is 12.5. The third-order valence-corrected chi connectivity index (χ3v) is 3.68. The Kier molecular flexibility index (Phi) is 6.58. The largest absolute Gasteiger partial charge is 0.325 e. The van der Waals surface area contributed by atoms with Crippen molar-refractivity contribution in [3.63, 3.8) is 0 Å². The summed E-state index contributed by atoms with van der Waals surface area (Å²) in [5, 5.41) is 2.85. The van der Waals surface area contributed by atoms with Crippen molar-refractivity contribution < 1.29 is 13.6 Å². The summed E-state index contributed by atoms with van der Waals surface area (Å²) in [7, 11) is 0. The van der Waals surface area contributed by atoms with Gasteiger partial charge < -0.3 is 5.32 Å². The number of amides is 1. The lowest BCUT2D eigenvalue weighted by Gasteiger charge is -2.12. The Morgan fingerprint density at radius 2 is 2.11 bits per heavy atom. The molecule has 6 heteroatoms. The number of carbonyl (C=O) groups excluding carboxylic acids is 1. The summed E-state index contributed by atoms with van der Waals surface area (Å²) in [5.41, 5.74) is 0.339. The highest BCUT2D eigenvalue weighted by Gasteiger charge is 2.15. The average molecular weight is 308 g/mol. The Balaban J connectivity index is 2.77. The molecule has 0 radical (unpaired) electrons. The lowest BCUT2D eigenvalue weighted by atomic mass is 10.1. The van der Waals surface area contributed by atoms with Gasteiger partial charge in [0.1, 0.15) is 0 Å². The third kappa shape index (κ3) is 5.78. The summed E-state index contributed by atoms with van der Waals surface area (Å²) < 4.78 is 24.9. The van der Waals surface area contributed by atoms with Gasteiger partial charge in [0.05, 0.1) is 15.6 Å². The van der Waals surface area contributed by atoms with Crippen molar-refractivity contribution in [3.05, 3.63) is 23.2 Å². The fourth-order valence-electron chi connectivity index (χ4n) is 1.45. The minimum absolute atomic E-state index is 0.188. The molecule has 2 nitrogen and oxygen atoms in total. The van der Waals surface area contributed by atoms with E-state index >= 15 is 0 Å². The Morgan fingerprint density at radius 3 is 2.68 bits per heavy atom. The minimum atomic E-state index is -2.58. The SMILES string of the molecule is CC(C)CCC(=O)Nc1cccc(Cl)c1SC(F)F. The number of hydrogen-bond donors (Lipinski definition) is 1. The zero-order valence-corrected chi connectivity index (χ0v) is 12.3. The van der Waals surface area contributed by atoms with Gasteiger partial charge in [-0.1, -0.05) is 43.3 Å². The molecule has 0 spiro atoms. The van der Waals surface area contributed by atoms with Gasteiger partial charge in [-0.25, -0.2) is 0 Å². The zero-order chi connectivity index (χ0) is 14.4. The maximum Gasteiger partial charge on any atom is 0.289 e. The smallest absolute Gasteiger partial charge is 0.289 e. The molecular weight excluding hydrogens is 292 g/mol. The first-order valence-corrected chi connectivity index (χ1v) is 7.19. The third-order valence-electron chi connectivity index (χ3n) is 2.40. The summed E-state index contributed by atoms with van der Waals surface area (Å²) in [6.07, 6.45) is 1.12. The number of anilines is 1. The fraction of sp³-hybridized carbons (Fsp3) is 0.462. The number of hydrogen-bond acceptors (Lipinski definition) is 2. The highest BCUT2D eigenvalue weighted by molar-refractivity contribution is 7.99. The molecular formula is C13H16ClF2NOS. The first-order chi connectivity index (χ1) is 8.90. The first-order valence-electron chi connectivity index (χ1n) is 5.93. The predicted octanol–water partition coefficient (Wildman–Crippen LogP) is 5.03. The molecule has 0 saturated heterocycles. The maximum atomic E-state index is 12.5. The second kappa shape index (κ2) is 7.70. The molecule has 1 rings (SSSR count). The van der Waals surface area contributed by atoms with Crippen LogP contribution in [0, 0.1) is 5.92 Å². The van der Waals surface area contributed by atoms with Gasteiger partial charge in [-0.15, -0.1) is 0 Å². The predicted molar refractivity (Wildman–Crippen MR) is 76.0 cm³/mol. The van der Waals surface area contributed by atoms with E-state index in [4.69, 9.17) is 11.6 Å². The highest BCUT2D eigenvalue weighted by atomic mass is 35.5. The summed E-state index contributed by atoms with van der Waals surface area (Å²) in [5.74, 6) is -2.35. The average Bonchev–Trinajstić information content (AvgIpc) is 2.30. The second-order valence-corrected chi connectivity index (χ2v) is 5.88. The van der Waals surface area contributed by atoms with Crippen molar-refractivity contribution in [2.45, 2.75) is 37.3 Å². The van der Waals surface area contributed by atoms with E-state index in [1.165, 1.54) is 6.07 Å². The summed E-state index contributed by atoms with van der Waals surface area (Å²) in [6, 6.07) is 4.72. The van der Waals surface area contributed by atoms with E-state index in [0.29, 0.717) is 29.8 Å². The summed E-state index contributed by atoms with van der Waals surface area (Å²) in [6.45, 7) is 4.04. The van der Waals surface area contributed by atoms with Crippen LogP contribution in [0.15, 0.2) is 23.1 Å². The summed E-state index contributed by atoms with van der Waals surface area (Å²) in [4.78, 5) is 11.9. The molecule has 0 unspecified atom stereocenters. The number of alkyl halides is 2. The molecule has 0 aliphatic carbocycles. The molecule has 0 aliphatic rings. The van der Waals surface area contributed by atoms with Gasteiger partial charge in [0.2, 0.25) is 5.91 Å². The Bertz CT molecular complexity index is 441. The van der Waals surface area contributed by atoms with E-state index in [1.807, 2.05) is 13.8 Å². The van der Waals surface area contributed by atoms with Crippen molar-refractivity contribution >= 4 is 35.0 Å². The van der Waals surface area contributed by atoms with Crippen molar-refractivity contribution in [2.75, 3.05) is 5.32 Å². The monoisotopic (exact) mass is 307 g/mol. The number of carbonyl (C=O) groups is 1. The van der Waals surface area contributed by atoms with E-state index in [0.717, 1.165) is 6.42 Å². The van der Waals surface area contributed by atoms with Crippen LogP contribution in [0.25, 0.3) is 0 Å². The quantitative estimate of drug-likeness (QED) is 0.747. The van der Waals surface area contributed by atoms with Gasteiger partial charge in [0, 0.05) is 6.42 Å². The minimum Gasteiger partial charge on any atom is -0.325 e. The van der Waals surface area contributed by atoms with Gasteiger partial charge in [-0.05, 0) is 24.5 Å². The molecule has 1 amide bonds. The molecule has 0 aliphatic heterocycles. The van der Waals surface area contributed by atoms with Crippen LogP contribution >= 0.6 is 23.4 Å². The van der Waals surface area contributed by atoms with Crippen molar-refractivity contribution in [3.8, 4) is 0 Å². The van der Waals surface area contributed by atoms with Crippen LogP contribution in [-0.2, 0) is 4.79 Å².